The van der Waals surface area contributed by atoms with E-state index in [0.29, 0.717) is 58.7 Å². The number of fused-ring (bicyclic) bond motifs is 5. The number of aliphatic hydroxyl groups is 2. The largest absolute Gasteiger partial charge is 0.465 e. The second kappa shape index (κ2) is 10.2. The van der Waals surface area contributed by atoms with Gasteiger partial charge in [-0.2, -0.15) is 0 Å². The Labute approximate surface area is 236 Å². The zero-order valence-electron chi connectivity index (χ0n) is 24.9. The first-order valence-corrected chi connectivity index (χ1v) is 16.2. The lowest BCUT2D eigenvalue weighted by Crippen LogP contribution is -2.62. The van der Waals surface area contributed by atoms with E-state index in [-0.39, 0.29) is 23.6 Å². The topological polar surface area (TPSA) is 66.8 Å². The number of rotatable bonds is 6. The van der Waals surface area contributed by atoms with E-state index in [9.17, 15) is 15.0 Å². The first kappa shape index (κ1) is 27.8. The Kier molecular flexibility index (Phi) is 7.23. The van der Waals surface area contributed by atoms with Gasteiger partial charge < -0.3 is 14.9 Å². The normalized spacial score (nSPS) is 47.5. The lowest BCUT2D eigenvalue weighted by Gasteiger charge is -2.64. The molecule has 0 heterocycles. The van der Waals surface area contributed by atoms with Gasteiger partial charge in [-0.25, -0.2) is 4.79 Å². The van der Waals surface area contributed by atoms with Gasteiger partial charge in [0, 0.05) is 0 Å². The molecular formula is C35H52O4. The third-order valence-corrected chi connectivity index (χ3v) is 13.5. The molecule has 0 saturated heterocycles. The molecule has 4 heteroatoms. The van der Waals surface area contributed by atoms with Crippen LogP contribution in [0.25, 0.3) is 0 Å². The molecule has 39 heavy (non-hydrogen) atoms. The van der Waals surface area contributed by atoms with Crippen molar-refractivity contribution < 1.29 is 19.7 Å². The van der Waals surface area contributed by atoms with Crippen molar-refractivity contribution in [1.29, 1.82) is 0 Å². The molecule has 0 bridgehead atoms. The van der Waals surface area contributed by atoms with Crippen LogP contribution in [0.3, 0.4) is 0 Å². The Bertz CT molecular complexity index is 1070. The lowest BCUT2D eigenvalue weighted by atomic mass is 9.41. The van der Waals surface area contributed by atoms with Gasteiger partial charge >= 0.3 is 5.97 Å². The molecule has 0 spiro atoms. The number of benzene rings is 1. The molecule has 0 aromatic heterocycles. The zero-order valence-corrected chi connectivity index (χ0v) is 24.9. The van der Waals surface area contributed by atoms with E-state index in [0.717, 1.165) is 31.2 Å². The van der Waals surface area contributed by atoms with Crippen LogP contribution in [0.4, 0.5) is 0 Å². The van der Waals surface area contributed by atoms with Crippen molar-refractivity contribution >= 4 is 5.97 Å². The fraction of sp³-hybridized carbons (Fsp3) is 0.800. The summed E-state index contributed by atoms with van der Waals surface area (Å²) in [6.07, 6.45) is 11.1. The summed E-state index contributed by atoms with van der Waals surface area (Å²) in [5.74, 6) is 4.72. The van der Waals surface area contributed by atoms with Gasteiger partial charge in [-0.1, -0.05) is 52.3 Å². The van der Waals surface area contributed by atoms with Crippen molar-refractivity contribution in [2.45, 2.75) is 110 Å². The van der Waals surface area contributed by atoms with Crippen LogP contribution in [-0.2, 0) is 4.74 Å². The number of hydrogen-bond donors (Lipinski definition) is 2. The molecule has 5 saturated carbocycles. The standard InChI is InChI=1S/C35H52O4/c1-6-23-30-19-22(36)13-15-35(30,4)29-14-16-34(3)27(11-12-28(34)31(29)32(23)37)20(2)17-21-18-26(21)24-9-7-8-10-25(24)33(38)39-5/h7-10,20-23,26-32,36-37H,6,11-19H2,1-5H3/t20-,21?,22-,23-,26?,27-,28?,29?,30?,31?,32-,34?,35?/m1/s1. The third kappa shape index (κ3) is 4.33. The Morgan fingerprint density at radius 3 is 2.46 bits per heavy atom. The van der Waals surface area contributed by atoms with Crippen molar-refractivity contribution in [1.82, 2.24) is 0 Å². The number of esters is 1. The zero-order chi connectivity index (χ0) is 27.7. The molecule has 5 aliphatic rings. The number of ether oxygens (including phenoxy) is 1. The predicted octanol–water partition coefficient (Wildman–Crippen LogP) is 7.23. The lowest BCUT2D eigenvalue weighted by molar-refractivity contribution is -0.203. The number of carbonyl (C=O) groups is 1. The summed E-state index contributed by atoms with van der Waals surface area (Å²) in [6, 6.07) is 8.03. The fourth-order valence-electron chi connectivity index (χ4n) is 11.6. The average Bonchev–Trinajstić information content (AvgIpc) is 3.59. The molecular weight excluding hydrogens is 484 g/mol. The molecule has 8 unspecified atom stereocenters. The Balaban J connectivity index is 1.18. The van der Waals surface area contributed by atoms with Crippen LogP contribution in [0.5, 0.6) is 0 Å². The van der Waals surface area contributed by atoms with Gasteiger partial charge in [-0.15, -0.1) is 0 Å². The van der Waals surface area contributed by atoms with Crippen molar-refractivity contribution in [2.24, 2.45) is 58.2 Å². The molecule has 5 fully saturated rings. The highest BCUT2D eigenvalue weighted by Gasteiger charge is 2.65. The summed E-state index contributed by atoms with van der Waals surface area (Å²) >= 11 is 0. The number of methoxy groups -OCH3 is 1. The highest BCUT2D eigenvalue weighted by atomic mass is 16.5. The second-order valence-electron chi connectivity index (χ2n) is 15.0. The van der Waals surface area contributed by atoms with Crippen LogP contribution in [0.2, 0.25) is 0 Å². The summed E-state index contributed by atoms with van der Waals surface area (Å²) in [5.41, 5.74) is 2.49. The van der Waals surface area contributed by atoms with E-state index in [1.807, 2.05) is 12.1 Å². The van der Waals surface area contributed by atoms with Gasteiger partial charge in [0.05, 0.1) is 24.9 Å². The summed E-state index contributed by atoms with van der Waals surface area (Å²) in [7, 11) is 1.47. The Morgan fingerprint density at radius 2 is 1.72 bits per heavy atom. The molecule has 2 N–H and O–H groups in total. The number of hydrogen-bond acceptors (Lipinski definition) is 4. The molecule has 6 rings (SSSR count). The smallest absolute Gasteiger partial charge is 0.338 e. The summed E-state index contributed by atoms with van der Waals surface area (Å²) in [5, 5.41) is 22.5. The van der Waals surface area contributed by atoms with E-state index in [1.165, 1.54) is 51.2 Å². The van der Waals surface area contributed by atoms with Crippen molar-refractivity contribution in [3.63, 3.8) is 0 Å². The minimum atomic E-state index is -0.218. The summed E-state index contributed by atoms with van der Waals surface area (Å²) in [4.78, 5) is 12.4. The molecule has 216 valence electrons. The SMILES string of the molecule is CC[C@@H]1C2C[C@H](O)CCC2(C)C2CCC3(C)C(CC[C@@H]3[C@H](C)CC3CC3c3ccccc3C(=O)OC)C2[C@@H]1O. The maximum atomic E-state index is 12.4. The van der Waals surface area contributed by atoms with Gasteiger partial charge in [-0.05, 0) is 134 Å². The quantitative estimate of drug-likeness (QED) is 0.376. The maximum absolute atomic E-state index is 12.4. The van der Waals surface area contributed by atoms with Gasteiger partial charge in [0.15, 0.2) is 0 Å². The predicted molar refractivity (Wildman–Crippen MR) is 154 cm³/mol. The van der Waals surface area contributed by atoms with E-state index in [1.54, 1.807) is 0 Å². The van der Waals surface area contributed by atoms with Gasteiger partial charge in [-0.3, -0.25) is 0 Å². The highest BCUT2D eigenvalue weighted by molar-refractivity contribution is 5.91. The fourth-order valence-corrected chi connectivity index (χ4v) is 11.6. The van der Waals surface area contributed by atoms with Crippen molar-refractivity contribution in [3.8, 4) is 0 Å². The van der Waals surface area contributed by atoms with Gasteiger partial charge in [0.2, 0.25) is 0 Å². The summed E-state index contributed by atoms with van der Waals surface area (Å²) < 4.78 is 5.07. The highest BCUT2D eigenvalue weighted by Crippen LogP contribution is 2.70. The van der Waals surface area contributed by atoms with E-state index in [4.69, 9.17) is 4.74 Å². The van der Waals surface area contributed by atoms with Crippen molar-refractivity contribution in [3.05, 3.63) is 35.4 Å². The first-order valence-electron chi connectivity index (χ1n) is 16.2. The average molecular weight is 537 g/mol. The van der Waals surface area contributed by atoms with E-state index >= 15 is 0 Å². The minimum absolute atomic E-state index is 0.183. The Morgan fingerprint density at radius 1 is 1.00 bits per heavy atom. The van der Waals surface area contributed by atoms with Crippen LogP contribution >= 0.6 is 0 Å². The minimum Gasteiger partial charge on any atom is -0.465 e. The van der Waals surface area contributed by atoms with Crippen LogP contribution in [0.15, 0.2) is 24.3 Å². The van der Waals surface area contributed by atoms with Crippen LogP contribution < -0.4 is 0 Å². The van der Waals surface area contributed by atoms with E-state index < -0.39 is 0 Å². The molecule has 5 aliphatic carbocycles. The van der Waals surface area contributed by atoms with Crippen LogP contribution in [0, 0.1) is 58.2 Å². The van der Waals surface area contributed by atoms with Gasteiger partial charge in [0.1, 0.15) is 0 Å². The Hall–Kier alpha value is -1.39. The molecule has 13 atom stereocenters. The molecule has 0 aliphatic heterocycles. The maximum Gasteiger partial charge on any atom is 0.338 e. The van der Waals surface area contributed by atoms with Crippen LogP contribution in [-0.4, -0.2) is 35.5 Å². The van der Waals surface area contributed by atoms with E-state index in [2.05, 4.69) is 39.8 Å². The third-order valence-electron chi connectivity index (χ3n) is 13.5. The molecule has 0 radical (unpaired) electrons. The molecule has 0 amide bonds. The van der Waals surface area contributed by atoms with Crippen molar-refractivity contribution in [2.75, 3.05) is 7.11 Å². The van der Waals surface area contributed by atoms with Crippen LogP contribution in [0.1, 0.15) is 114 Å². The molecule has 1 aromatic carbocycles. The molecule has 4 nitrogen and oxygen atoms in total. The monoisotopic (exact) mass is 536 g/mol. The number of aliphatic hydroxyl groups excluding tert-OH is 2. The summed E-state index contributed by atoms with van der Waals surface area (Å²) in [6.45, 7) is 9.89. The second-order valence-corrected chi connectivity index (χ2v) is 15.0. The number of carbonyl (C=O) groups excluding carboxylic acids is 1. The first-order chi connectivity index (χ1) is 18.6. The van der Waals surface area contributed by atoms with Gasteiger partial charge in [0.25, 0.3) is 0 Å². The molecule has 1 aromatic rings.